The SMILES string of the molecule is CC(C)(C)Nc1cc(Cl)ncc1F. The van der Waals surface area contributed by atoms with Crippen LogP contribution in [0, 0.1) is 5.82 Å². The zero-order valence-electron chi connectivity index (χ0n) is 7.86. The molecule has 0 bridgehead atoms. The zero-order valence-corrected chi connectivity index (χ0v) is 8.61. The Labute approximate surface area is 82.1 Å². The minimum Gasteiger partial charge on any atom is -0.378 e. The van der Waals surface area contributed by atoms with E-state index >= 15 is 0 Å². The van der Waals surface area contributed by atoms with Crippen LogP contribution in [0.3, 0.4) is 0 Å². The molecule has 0 saturated heterocycles. The van der Waals surface area contributed by atoms with E-state index in [2.05, 4.69) is 10.3 Å². The molecule has 0 fully saturated rings. The van der Waals surface area contributed by atoms with E-state index in [1.165, 1.54) is 6.07 Å². The highest BCUT2D eigenvalue weighted by Crippen LogP contribution is 2.20. The predicted octanol–water partition coefficient (Wildman–Crippen LogP) is 3.08. The molecule has 0 aliphatic heterocycles. The standard InChI is InChI=1S/C9H12ClFN2/c1-9(2,3)13-7-4-8(10)12-5-6(7)11/h4-5H,1-3H3,(H,12,13). The van der Waals surface area contributed by atoms with Gasteiger partial charge in [0.1, 0.15) is 5.15 Å². The summed E-state index contributed by atoms with van der Waals surface area (Å²) in [6, 6.07) is 1.47. The summed E-state index contributed by atoms with van der Waals surface area (Å²) in [6.07, 6.45) is 1.11. The summed E-state index contributed by atoms with van der Waals surface area (Å²) in [6.45, 7) is 5.84. The van der Waals surface area contributed by atoms with E-state index in [-0.39, 0.29) is 16.5 Å². The van der Waals surface area contributed by atoms with E-state index in [4.69, 9.17) is 11.6 Å². The van der Waals surface area contributed by atoms with Gasteiger partial charge in [0, 0.05) is 11.6 Å². The summed E-state index contributed by atoms with van der Waals surface area (Å²) in [5, 5.41) is 3.28. The van der Waals surface area contributed by atoms with Crippen molar-refractivity contribution in [3.8, 4) is 0 Å². The number of hydrogen-bond donors (Lipinski definition) is 1. The maximum absolute atomic E-state index is 13.1. The fourth-order valence-corrected chi connectivity index (χ4v) is 1.07. The van der Waals surface area contributed by atoms with E-state index in [1.807, 2.05) is 20.8 Å². The third kappa shape index (κ3) is 3.19. The first-order valence-corrected chi connectivity index (χ1v) is 4.35. The molecule has 0 atom stereocenters. The fraction of sp³-hybridized carbons (Fsp3) is 0.444. The van der Waals surface area contributed by atoms with Crippen molar-refractivity contribution in [2.75, 3.05) is 5.32 Å². The summed E-state index contributed by atoms with van der Waals surface area (Å²) in [5.41, 5.74) is 0.193. The Bertz CT molecular complexity index is 307. The Morgan fingerprint density at radius 3 is 2.62 bits per heavy atom. The van der Waals surface area contributed by atoms with Gasteiger partial charge in [-0.05, 0) is 20.8 Å². The lowest BCUT2D eigenvalue weighted by Gasteiger charge is -2.22. The predicted molar refractivity (Wildman–Crippen MR) is 52.6 cm³/mol. The largest absolute Gasteiger partial charge is 0.378 e. The maximum Gasteiger partial charge on any atom is 0.164 e. The smallest absolute Gasteiger partial charge is 0.164 e. The highest BCUT2D eigenvalue weighted by atomic mass is 35.5. The molecule has 0 radical (unpaired) electrons. The summed E-state index contributed by atoms with van der Waals surface area (Å²) >= 11 is 5.63. The Morgan fingerprint density at radius 2 is 2.08 bits per heavy atom. The summed E-state index contributed by atoms with van der Waals surface area (Å²) in [4.78, 5) is 3.62. The van der Waals surface area contributed by atoms with Gasteiger partial charge in [-0.2, -0.15) is 0 Å². The van der Waals surface area contributed by atoms with Gasteiger partial charge < -0.3 is 5.32 Å². The molecule has 1 heterocycles. The van der Waals surface area contributed by atoms with Crippen LogP contribution in [-0.2, 0) is 0 Å². The van der Waals surface area contributed by atoms with Gasteiger partial charge in [-0.3, -0.25) is 0 Å². The molecule has 1 rings (SSSR count). The van der Waals surface area contributed by atoms with Crippen LogP contribution in [0.25, 0.3) is 0 Å². The van der Waals surface area contributed by atoms with Crippen molar-refractivity contribution < 1.29 is 4.39 Å². The molecular weight excluding hydrogens is 191 g/mol. The van der Waals surface area contributed by atoms with E-state index < -0.39 is 0 Å². The second kappa shape index (κ2) is 3.50. The third-order valence-corrected chi connectivity index (χ3v) is 1.54. The van der Waals surface area contributed by atoms with Crippen LogP contribution in [0.15, 0.2) is 12.3 Å². The van der Waals surface area contributed by atoms with Crippen molar-refractivity contribution in [2.24, 2.45) is 0 Å². The molecule has 72 valence electrons. The molecule has 0 aromatic carbocycles. The molecule has 1 aromatic heterocycles. The normalized spacial score (nSPS) is 11.5. The van der Waals surface area contributed by atoms with Gasteiger partial charge in [-0.1, -0.05) is 11.6 Å². The van der Waals surface area contributed by atoms with Gasteiger partial charge >= 0.3 is 0 Å². The fourth-order valence-electron chi connectivity index (χ4n) is 0.913. The number of anilines is 1. The van der Waals surface area contributed by atoms with Gasteiger partial charge in [-0.15, -0.1) is 0 Å². The zero-order chi connectivity index (χ0) is 10.1. The minimum atomic E-state index is -0.390. The van der Waals surface area contributed by atoms with Gasteiger partial charge in [0.05, 0.1) is 11.9 Å². The molecule has 2 nitrogen and oxygen atoms in total. The van der Waals surface area contributed by atoms with Gasteiger partial charge in [0.2, 0.25) is 0 Å². The third-order valence-electron chi connectivity index (χ3n) is 1.33. The molecule has 0 unspecified atom stereocenters. The van der Waals surface area contributed by atoms with Crippen molar-refractivity contribution in [2.45, 2.75) is 26.3 Å². The number of nitrogens with one attached hydrogen (secondary N) is 1. The maximum atomic E-state index is 13.1. The number of aromatic nitrogens is 1. The molecule has 0 spiro atoms. The lowest BCUT2D eigenvalue weighted by atomic mass is 10.1. The van der Waals surface area contributed by atoms with Crippen LogP contribution in [0.5, 0.6) is 0 Å². The van der Waals surface area contributed by atoms with Crippen molar-refractivity contribution >= 4 is 17.3 Å². The first kappa shape index (κ1) is 10.3. The van der Waals surface area contributed by atoms with Crippen molar-refractivity contribution in [1.82, 2.24) is 4.98 Å². The molecule has 4 heteroatoms. The monoisotopic (exact) mass is 202 g/mol. The van der Waals surface area contributed by atoms with E-state index in [0.29, 0.717) is 5.69 Å². The molecule has 0 aliphatic rings. The molecule has 0 aliphatic carbocycles. The Balaban J connectivity index is 2.94. The summed E-state index contributed by atoms with van der Waals surface area (Å²) < 4.78 is 13.1. The van der Waals surface area contributed by atoms with Gasteiger partial charge in [0.25, 0.3) is 0 Å². The Hall–Kier alpha value is -0.830. The molecule has 1 N–H and O–H groups in total. The van der Waals surface area contributed by atoms with Crippen LogP contribution in [0.2, 0.25) is 5.15 Å². The molecule has 13 heavy (non-hydrogen) atoms. The van der Waals surface area contributed by atoms with E-state index in [1.54, 1.807) is 0 Å². The number of halogens is 2. The first-order chi connectivity index (χ1) is 5.88. The minimum absolute atomic E-state index is 0.189. The van der Waals surface area contributed by atoms with Crippen molar-refractivity contribution in [3.05, 3.63) is 23.2 Å². The van der Waals surface area contributed by atoms with Crippen LogP contribution in [0.4, 0.5) is 10.1 Å². The van der Waals surface area contributed by atoms with Crippen LogP contribution >= 0.6 is 11.6 Å². The first-order valence-electron chi connectivity index (χ1n) is 3.98. The average molecular weight is 203 g/mol. The molecule has 0 amide bonds. The lowest BCUT2D eigenvalue weighted by Crippen LogP contribution is -2.26. The average Bonchev–Trinajstić information content (AvgIpc) is 1.94. The number of rotatable bonds is 1. The van der Waals surface area contributed by atoms with Gasteiger partial charge in [-0.25, -0.2) is 9.37 Å². The van der Waals surface area contributed by atoms with Crippen molar-refractivity contribution in [3.63, 3.8) is 0 Å². The quantitative estimate of drug-likeness (QED) is 0.708. The van der Waals surface area contributed by atoms with Crippen LogP contribution in [-0.4, -0.2) is 10.5 Å². The summed E-state index contributed by atoms with van der Waals surface area (Å²) in [5.74, 6) is -0.390. The topological polar surface area (TPSA) is 24.9 Å². The summed E-state index contributed by atoms with van der Waals surface area (Å²) in [7, 11) is 0. The highest BCUT2D eigenvalue weighted by molar-refractivity contribution is 6.29. The second-order valence-electron chi connectivity index (χ2n) is 3.86. The molecular formula is C9H12ClFN2. The highest BCUT2D eigenvalue weighted by Gasteiger charge is 2.12. The molecule has 0 saturated carbocycles. The Kier molecular flexibility index (Phi) is 2.76. The van der Waals surface area contributed by atoms with Gasteiger partial charge in [0.15, 0.2) is 5.82 Å². The van der Waals surface area contributed by atoms with Crippen molar-refractivity contribution in [1.29, 1.82) is 0 Å². The van der Waals surface area contributed by atoms with Crippen LogP contribution < -0.4 is 5.32 Å². The number of hydrogen-bond acceptors (Lipinski definition) is 2. The second-order valence-corrected chi connectivity index (χ2v) is 4.25. The molecule has 1 aromatic rings. The van der Waals surface area contributed by atoms with Crippen LogP contribution in [0.1, 0.15) is 20.8 Å². The number of nitrogens with zero attached hydrogens (tertiary/aromatic N) is 1. The Morgan fingerprint density at radius 1 is 1.46 bits per heavy atom. The van der Waals surface area contributed by atoms with E-state index in [9.17, 15) is 4.39 Å². The number of pyridine rings is 1. The lowest BCUT2D eigenvalue weighted by molar-refractivity contribution is 0.594. The van der Waals surface area contributed by atoms with E-state index in [0.717, 1.165) is 6.20 Å².